The molecule has 0 radical (unpaired) electrons. The third kappa shape index (κ3) is 1.66. The van der Waals surface area contributed by atoms with E-state index < -0.39 is 0 Å². The van der Waals surface area contributed by atoms with Gasteiger partial charge in [-0.05, 0) is 13.8 Å². The summed E-state index contributed by atoms with van der Waals surface area (Å²) in [5, 5.41) is 0. The Bertz CT molecular complexity index is 136. The van der Waals surface area contributed by atoms with Crippen LogP contribution in [-0.2, 0) is 4.79 Å². The molecule has 1 rings (SSSR count). The van der Waals surface area contributed by atoms with Crippen LogP contribution in [0.3, 0.4) is 0 Å². The van der Waals surface area contributed by atoms with E-state index >= 15 is 0 Å². The number of rotatable bonds is 1. The van der Waals surface area contributed by atoms with Gasteiger partial charge in [0.15, 0.2) is 0 Å². The highest BCUT2D eigenvalue weighted by Gasteiger charge is 2.19. The maximum Gasteiger partial charge on any atom is 0.232 e. The zero-order chi connectivity index (χ0) is 7.56. The molecular weight excluding hydrogens is 146 g/mol. The van der Waals surface area contributed by atoms with Crippen LogP contribution in [0.4, 0.5) is 0 Å². The van der Waals surface area contributed by atoms with Gasteiger partial charge in [0.2, 0.25) is 5.91 Å². The minimum absolute atomic E-state index is 0.297. The summed E-state index contributed by atoms with van der Waals surface area (Å²) in [4.78, 5) is 13.1. The van der Waals surface area contributed by atoms with Crippen molar-refractivity contribution < 1.29 is 4.79 Å². The zero-order valence-electron chi connectivity index (χ0n) is 6.46. The van der Waals surface area contributed by atoms with Crippen molar-refractivity contribution in [3.63, 3.8) is 0 Å². The lowest BCUT2D eigenvalue weighted by atomic mass is 10.3. The quantitative estimate of drug-likeness (QED) is 0.568. The van der Waals surface area contributed by atoms with E-state index in [-0.39, 0.29) is 0 Å². The number of amides is 1. The van der Waals surface area contributed by atoms with E-state index in [2.05, 4.69) is 13.8 Å². The molecule has 0 aliphatic carbocycles. The number of hydrogen-bond donors (Lipinski definition) is 0. The minimum Gasteiger partial charge on any atom is -0.339 e. The third-order valence-corrected chi connectivity index (χ3v) is 2.57. The predicted octanol–water partition coefficient (Wildman–Crippen LogP) is 0.970. The van der Waals surface area contributed by atoms with Crippen LogP contribution in [0, 0.1) is 0 Å². The Morgan fingerprint density at radius 1 is 1.60 bits per heavy atom. The molecule has 1 aliphatic rings. The van der Waals surface area contributed by atoms with Gasteiger partial charge in [0, 0.05) is 18.3 Å². The van der Waals surface area contributed by atoms with Crippen molar-refractivity contribution in [2.24, 2.45) is 0 Å². The largest absolute Gasteiger partial charge is 0.339 e. The number of thioether (sulfide) groups is 1. The van der Waals surface area contributed by atoms with Gasteiger partial charge in [-0.1, -0.05) is 0 Å². The van der Waals surface area contributed by atoms with Gasteiger partial charge in [-0.15, -0.1) is 0 Å². The summed E-state index contributed by atoms with van der Waals surface area (Å²) in [5.41, 5.74) is 0. The Labute approximate surface area is 66.0 Å². The van der Waals surface area contributed by atoms with E-state index in [1.54, 1.807) is 11.8 Å². The van der Waals surface area contributed by atoms with Crippen LogP contribution in [0.15, 0.2) is 0 Å². The van der Waals surface area contributed by atoms with Crippen LogP contribution in [0.1, 0.15) is 13.8 Å². The first kappa shape index (κ1) is 7.92. The average molecular weight is 159 g/mol. The summed E-state index contributed by atoms with van der Waals surface area (Å²) in [7, 11) is 0. The summed E-state index contributed by atoms with van der Waals surface area (Å²) in [6, 6.07) is 0.383. The number of carbonyl (C=O) groups is 1. The highest BCUT2D eigenvalue weighted by atomic mass is 32.2. The molecule has 1 saturated heterocycles. The molecule has 2 nitrogen and oxygen atoms in total. The molecule has 0 N–H and O–H groups in total. The maximum atomic E-state index is 11.1. The van der Waals surface area contributed by atoms with Crippen LogP contribution in [-0.4, -0.2) is 34.9 Å². The first-order valence-electron chi connectivity index (χ1n) is 3.59. The van der Waals surface area contributed by atoms with Crippen molar-refractivity contribution in [1.29, 1.82) is 0 Å². The van der Waals surface area contributed by atoms with Crippen LogP contribution >= 0.6 is 11.8 Å². The van der Waals surface area contributed by atoms with Gasteiger partial charge in [0.1, 0.15) is 0 Å². The van der Waals surface area contributed by atoms with Crippen molar-refractivity contribution in [1.82, 2.24) is 4.90 Å². The van der Waals surface area contributed by atoms with Crippen molar-refractivity contribution in [3.8, 4) is 0 Å². The molecule has 3 heteroatoms. The highest BCUT2D eigenvalue weighted by molar-refractivity contribution is 8.00. The number of nitrogens with zero attached hydrogens (tertiary/aromatic N) is 1. The Hall–Kier alpha value is -0.180. The standard InChI is InChI=1S/C7H13NOS/c1-6(2)8-3-4-10-5-7(8)9/h6H,3-5H2,1-2H3. The Morgan fingerprint density at radius 2 is 2.30 bits per heavy atom. The second kappa shape index (κ2) is 3.28. The summed E-state index contributed by atoms with van der Waals surface area (Å²) in [6.07, 6.45) is 0. The molecule has 1 aliphatic heterocycles. The molecule has 0 saturated carbocycles. The Balaban J connectivity index is 2.48. The zero-order valence-corrected chi connectivity index (χ0v) is 7.28. The van der Waals surface area contributed by atoms with E-state index in [1.807, 2.05) is 4.90 Å². The summed E-state index contributed by atoms with van der Waals surface area (Å²) >= 11 is 1.73. The van der Waals surface area contributed by atoms with E-state index in [4.69, 9.17) is 0 Å². The van der Waals surface area contributed by atoms with E-state index in [0.29, 0.717) is 17.7 Å². The molecule has 0 atom stereocenters. The molecule has 1 fully saturated rings. The Morgan fingerprint density at radius 3 is 2.70 bits per heavy atom. The fourth-order valence-corrected chi connectivity index (χ4v) is 1.89. The predicted molar refractivity (Wildman–Crippen MR) is 44.2 cm³/mol. The van der Waals surface area contributed by atoms with Crippen molar-refractivity contribution >= 4 is 17.7 Å². The second-order valence-corrected chi connectivity index (χ2v) is 3.84. The molecule has 0 aromatic rings. The monoisotopic (exact) mass is 159 g/mol. The summed E-state index contributed by atoms with van der Waals surface area (Å²) < 4.78 is 0. The van der Waals surface area contributed by atoms with Crippen molar-refractivity contribution in [2.45, 2.75) is 19.9 Å². The van der Waals surface area contributed by atoms with Crippen molar-refractivity contribution in [3.05, 3.63) is 0 Å². The van der Waals surface area contributed by atoms with Crippen LogP contribution in [0.5, 0.6) is 0 Å². The Kier molecular flexibility index (Phi) is 2.60. The second-order valence-electron chi connectivity index (χ2n) is 2.73. The van der Waals surface area contributed by atoms with Gasteiger partial charge >= 0.3 is 0 Å². The molecule has 0 unspecified atom stereocenters. The third-order valence-electron chi connectivity index (χ3n) is 1.65. The lowest BCUT2D eigenvalue weighted by Gasteiger charge is -2.29. The average Bonchev–Trinajstić information content (AvgIpc) is 1.88. The lowest BCUT2D eigenvalue weighted by Crippen LogP contribution is -2.42. The normalized spacial score (nSPS) is 20.3. The fourth-order valence-electron chi connectivity index (χ4n) is 1.08. The molecule has 1 amide bonds. The maximum absolute atomic E-state index is 11.1. The van der Waals surface area contributed by atoms with Gasteiger partial charge in [-0.25, -0.2) is 0 Å². The van der Waals surface area contributed by atoms with Gasteiger partial charge in [0.05, 0.1) is 5.75 Å². The summed E-state index contributed by atoms with van der Waals surface area (Å²) in [6.45, 7) is 5.06. The van der Waals surface area contributed by atoms with Gasteiger partial charge < -0.3 is 4.90 Å². The van der Waals surface area contributed by atoms with Crippen molar-refractivity contribution in [2.75, 3.05) is 18.1 Å². The number of carbonyl (C=O) groups excluding carboxylic acids is 1. The topological polar surface area (TPSA) is 20.3 Å². The van der Waals surface area contributed by atoms with Gasteiger partial charge in [-0.2, -0.15) is 11.8 Å². The van der Waals surface area contributed by atoms with Crippen LogP contribution in [0.2, 0.25) is 0 Å². The van der Waals surface area contributed by atoms with Crippen LogP contribution < -0.4 is 0 Å². The molecule has 58 valence electrons. The first-order chi connectivity index (χ1) is 4.72. The molecule has 0 spiro atoms. The fraction of sp³-hybridized carbons (Fsp3) is 0.857. The SMILES string of the molecule is CC(C)N1CCSCC1=O. The molecule has 0 aromatic heterocycles. The van der Waals surface area contributed by atoms with E-state index in [1.165, 1.54) is 0 Å². The van der Waals surface area contributed by atoms with Gasteiger partial charge in [0.25, 0.3) is 0 Å². The molecule has 10 heavy (non-hydrogen) atoms. The summed E-state index contributed by atoms with van der Waals surface area (Å²) in [5.74, 6) is 2.08. The molecular formula is C7H13NOS. The first-order valence-corrected chi connectivity index (χ1v) is 4.74. The van der Waals surface area contributed by atoms with E-state index in [0.717, 1.165) is 12.3 Å². The number of hydrogen-bond acceptors (Lipinski definition) is 2. The van der Waals surface area contributed by atoms with Crippen LogP contribution in [0.25, 0.3) is 0 Å². The highest BCUT2D eigenvalue weighted by Crippen LogP contribution is 2.12. The molecule has 0 bridgehead atoms. The lowest BCUT2D eigenvalue weighted by molar-refractivity contribution is -0.130. The molecule has 1 heterocycles. The smallest absolute Gasteiger partial charge is 0.232 e. The molecule has 0 aromatic carbocycles. The minimum atomic E-state index is 0.297. The van der Waals surface area contributed by atoms with E-state index in [9.17, 15) is 4.79 Å². The van der Waals surface area contributed by atoms with Gasteiger partial charge in [-0.3, -0.25) is 4.79 Å².